The Balaban J connectivity index is 2.42. The van der Waals surface area contributed by atoms with Crippen LogP contribution in [0.15, 0.2) is 36.0 Å². The Morgan fingerprint density at radius 3 is 2.39 bits per heavy atom. The molecule has 1 aromatic carbocycles. The number of carbonyl (C=O) groups is 2. The van der Waals surface area contributed by atoms with Gasteiger partial charge in [0, 0.05) is 11.6 Å². The summed E-state index contributed by atoms with van der Waals surface area (Å²) in [6.07, 6.45) is 1.11. The number of benzene rings is 1. The topological polar surface area (TPSA) is 78.6 Å². The standard InChI is InChI=1S/C13H13NO4/c1-13(8-3-5-9(17-2)6-4-8)11(15)7-10(14)12(16)18-13/h3-7H,14H2,1-2H3/t13-/m1/s1. The number of esters is 1. The lowest BCUT2D eigenvalue weighted by atomic mass is 9.89. The molecule has 0 amide bonds. The van der Waals surface area contributed by atoms with Crippen molar-refractivity contribution in [2.24, 2.45) is 5.73 Å². The second-order valence-electron chi connectivity index (χ2n) is 4.12. The predicted molar refractivity (Wildman–Crippen MR) is 63.7 cm³/mol. The van der Waals surface area contributed by atoms with Crippen LogP contribution in [0.3, 0.4) is 0 Å². The highest BCUT2D eigenvalue weighted by molar-refractivity contribution is 6.08. The molecule has 0 saturated carbocycles. The van der Waals surface area contributed by atoms with E-state index in [0.717, 1.165) is 6.08 Å². The van der Waals surface area contributed by atoms with Gasteiger partial charge in [-0.3, -0.25) is 4.79 Å². The number of hydrogen-bond donors (Lipinski definition) is 1. The SMILES string of the molecule is COc1ccc([C@@]2(C)OC(=O)C(N)=CC2=O)cc1. The molecular weight excluding hydrogens is 234 g/mol. The lowest BCUT2D eigenvalue weighted by Gasteiger charge is -2.30. The van der Waals surface area contributed by atoms with Crippen molar-refractivity contribution in [2.75, 3.05) is 7.11 Å². The number of methoxy groups -OCH3 is 1. The molecule has 94 valence electrons. The maximum absolute atomic E-state index is 12.0. The van der Waals surface area contributed by atoms with Gasteiger partial charge in [-0.25, -0.2) is 4.79 Å². The van der Waals surface area contributed by atoms with E-state index in [1.807, 2.05) is 0 Å². The summed E-state index contributed by atoms with van der Waals surface area (Å²) < 4.78 is 10.2. The molecule has 1 aliphatic rings. The third-order valence-corrected chi connectivity index (χ3v) is 2.93. The second-order valence-corrected chi connectivity index (χ2v) is 4.12. The highest BCUT2D eigenvalue weighted by Gasteiger charge is 2.42. The molecule has 0 radical (unpaired) electrons. The smallest absolute Gasteiger partial charge is 0.355 e. The van der Waals surface area contributed by atoms with Gasteiger partial charge >= 0.3 is 5.97 Å². The molecule has 1 atom stereocenters. The first-order valence-corrected chi connectivity index (χ1v) is 5.37. The van der Waals surface area contributed by atoms with Crippen molar-refractivity contribution in [1.29, 1.82) is 0 Å². The Labute approximate surface area is 104 Å². The molecule has 18 heavy (non-hydrogen) atoms. The van der Waals surface area contributed by atoms with Gasteiger partial charge in [0.05, 0.1) is 7.11 Å². The maximum atomic E-state index is 12.0. The molecule has 1 heterocycles. The third-order valence-electron chi connectivity index (χ3n) is 2.93. The van der Waals surface area contributed by atoms with Gasteiger partial charge < -0.3 is 15.2 Å². The fourth-order valence-corrected chi connectivity index (χ4v) is 1.74. The van der Waals surface area contributed by atoms with Gasteiger partial charge in [-0.05, 0) is 19.1 Å². The Hall–Kier alpha value is -2.30. The fourth-order valence-electron chi connectivity index (χ4n) is 1.74. The molecule has 5 heteroatoms. The van der Waals surface area contributed by atoms with E-state index in [1.54, 1.807) is 31.4 Å². The van der Waals surface area contributed by atoms with Crippen molar-refractivity contribution in [3.63, 3.8) is 0 Å². The van der Waals surface area contributed by atoms with Crippen molar-refractivity contribution in [3.8, 4) is 5.75 Å². The first-order chi connectivity index (χ1) is 8.47. The molecule has 0 aromatic heterocycles. The Morgan fingerprint density at radius 1 is 1.22 bits per heavy atom. The highest BCUT2D eigenvalue weighted by Crippen LogP contribution is 2.31. The molecule has 2 rings (SSSR count). The molecule has 0 fully saturated rings. The van der Waals surface area contributed by atoms with E-state index in [9.17, 15) is 9.59 Å². The zero-order valence-electron chi connectivity index (χ0n) is 10.1. The maximum Gasteiger partial charge on any atom is 0.355 e. The van der Waals surface area contributed by atoms with Crippen LogP contribution in [0.4, 0.5) is 0 Å². The minimum absolute atomic E-state index is 0.175. The summed E-state index contributed by atoms with van der Waals surface area (Å²) in [6.45, 7) is 1.54. The summed E-state index contributed by atoms with van der Waals surface area (Å²) in [5.41, 5.74) is 4.43. The van der Waals surface area contributed by atoms with E-state index in [4.69, 9.17) is 15.2 Å². The minimum Gasteiger partial charge on any atom is -0.497 e. The first kappa shape index (κ1) is 12.2. The van der Waals surface area contributed by atoms with Crippen LogP contribution in [0, 0.1) is 0 Å². The normalized spacial score (nSPS) is 23.3. The Bertz CT molecular complexity index is 532. The Morgan fingerprint density at radius 2 is 1.83 bits per heavy atom. The van der Waals surface area contributed by atoms with E-state index < -0.39 is 11.6 Å². The molecule has 1 aromatic rings. The summed E-state index contributed by atoms with van der Waals surface area (Å²) in [5, 5.41) is 0. The van der Waals surface area contributed by atoms with Crippen molar-refractivity contribution in [2.45, 2.75) is 12.5 Å². The van der Waals surface area contributed by atoms with Gasteiger partial charge in [0.15, 0.2) is 5.60 Å². The van der Waals surface area contributed by atoms with Gasteiger partial charge in [0.25, 0.3) is 0 Å². The first-order valence-electron chi connectivity index (χ1n) is 5.37. The number of nitrogens with two attached hydrogens (primary N) is 1. The van der Waals surface area contributed by atoms with Gasteiger partial charge in [0.2, 0.25) is 5.78 Å². The zero-order chi connectivity index (χ0) is 13.3. The number of ketones is 1. The number of rotatable bonds is 2. The van der Waals surface area contributed by atoms with Crippen LogP contribution in [-0.2, 0) is 19.9 Å². The van der Waals surface area contributed by atoms with Crippen LogP contribution in [0.1, 0.15) is 12.5 Å². The second kappa shape index (κ2) is 4.18. The van der Waals surface area contributed by atoms with E-state index in [0.29, 0.717) is 11.3 Å². The van der Waals surface area contributed by atoms with E-state index in [2.05, 4.69) is 0 Å². The van der Waals surface area contributed by atoms with Gasteiger partial charge in [-0.15, -0.1) is 0 Å². The Kier molecular flexibility index (Phi) is 2.82. The van der Waals surface area contributed by atoms with Crippen molar-refractivity contribution < 1.29 is 19.1 Å². The minimum atomic E-state index is -1.33. The molecule has 0 aliphatic carbocycles. The molecule has 0 unspecified atom stereocenters. The van der Waals surface area contributed by atoms with E-state index in [-0.39, 0.29) is 11.5 Å². The van der Waals surface area contributed by atoms with Gasteiger partial charge in [-0.2, -0.15) is 0 Å². The average Bonchev–Trinajstić information content (AvgIpc) is 2.37. The summed E-state index contributed by atoms with van der Waals surface area (Å²) in [6, 6.07) is 6.76. The molecule has 0 bridgehead atoms. The largest absolute Gasteiger partial charge is 0.497 e. The molecule has 0 spiro atoms. The lowest BCUT2D eigenvalue weighted by Crippen LogP contribution is -2.42. The van der Waals surface area contributed by atoms with Crippen LogP contribution in [0.5, 0.6) is 5.75 Å². The van der Waals surface area contributed by atoms with Crippen LogP contribution in [0.25, 0.3) is 0 Å². The van der Waals surface area contributed by atoms with Crippen molar-refractivity contribution in [3.05, 3.63) is 41.6 Å². The van der Waals surface area contributed by atoms with Gasteiger partial charge in [0.1, 0.15) is 11.4 Å². The molecule has 5 nitrogen and oxygen atoms in total. The third kappa shape index (κ3) is 1.84. The zero-order valence-corrected chi connectivity index (χ0v) is 10.1. The summed E-state index contributed by atoms with van der Waals surface area (Å²) in [5.74, 6) is -0.385. The van der Waals surface area contributed by atoms with Crippen LogP contribution >= 0.6 is 0 Å². The fraction of sp³-hybridized carbons (Fsp3) is 0.231. The van der Waals surface area contributed by atoms with Crippen molar-refractivity contribution >= 4 is 11.8 Å². The predicted octanol–water partition coefficient (Wildman–Crippen LogP) is 0.879. The molecule has 2 N–H and O–H groups in total. The van der Waals surface area contributed by atoms with E-state index in [1.165, 1.54) is 6.92 Å². The average molecular weight is 247 g/mol. The van der Waals surface area contributed by atoms with Crippen LogP contribution in [-0.4, -0.2) is 18.9 Å². The molecular formula is C13H13NO4. The summed E-state index contributed by atoms with van der Waals surface area (Å²) in [7, 11) is 1.55. The summed E-state index contributed by atoms with van der Waals surface area (Å²) in [4.78, 5) is 23.4. The quantitative estimate of drug-likeness (QED) is 0.785. The number of ether oxygens (including phenoxy) is 2. The number of carbonyl (C=O) groups excluding carboxylic acids is 2. The van der Waals surface area contributed by atoms with Crippen LogP contribution in [0.2, 0.25) is 0 Å². The van der Waals surface area contributed by atoms with Gasteiger partial charge in [-0.1, -0.05) is 12.1 Å². The summed E-state index contributed by atoms with van der Waals surface area (Å²) >= 11 is 0. The number of cyclic esters (lactones) is 1. The molecule has 1 aliphatic heterocycles. The van der Waals surface area contributed by atoms with E-state index >= 15 is 0 Å². The monoisotopic (exact) mass is 247 g/mol. The molecule has 0 saturated heterocycles. The highest BCUT2D eigenvalue weighted by atomic mass is 16.6. The lowest BCUT2D eigenvalue weighted by molar-refractivity contribution is -0.163. The van der Waals surface area contributed by atoms with Crippen LogP contribution < -0.4 is 10.5 Å². The number of hydrogen-bond acceptors (Lipinski definition) is 5. The van der Waals surface area contributed by atoms with Crippen molar-refractivity contribution in [1.82, 2.24) is 0 Å².